The molecule has 0 bridgehead atoms. The van der Waals surface area contributed by atoms with E-state index in [1.54, 1.807) is 44.6 Å². The van der Waals surface area contributed by atoms with Crippen molar-refractivity contribution in [2.45, 2.75) is 125 Å². The highest BCUT2D eigenvalue weighted by Gasteiger charge is 2.60. The van der Waals surface area contributed by atoms with Crippen LogP contribution >= 0.6 is 0 Å². The quantitative estimate of drug-likeness (QED) is 0.167. The highest BCUT2D eigenvalue weighted by atomic mass is 16.6. The van der Waals surface area contributed by atoms with E-state index in [1.807, 2.05) is 57.5 Å². The van der Waals surface area contributed by atoms with E-state index >= 15 is 0 Å². The van der Waals surface area contributed by atoms with Gasteiger partial charge in [-0.05, 0) is 64.0 Å². The van der Waals surface area contributed by atoms with Crippen LogP contribution in [-0.2, 0) is 35.1 Å². The van der Waals surface area contributed by atoms with Gasteiger partial charge in [0.25, 0.3) is 0 Å². The van der Waals surface area contributed by atoms with Crippen LogP contribution in [0.4, 0.5) is 4.79 Å². The second-order valence-corrected chi connectivity index (χ2v) is 16.0. The number of fused-ring (bicyclic) bond motifs is 1. The maximum Gasteiger partial charge on any atom is 0.410 e. The Balaban J connectivity index is 1.64. The molecule has 1 amide bonds. The van der Waals surface area contributed by atoms with Crippen LogP contribution in [0.2, 0.25) is 0 Å². The number of aryl methyl sites for hydroxylation is 1. The monoisotopic (exact) mass is 694 g/mol. The molecular weight excluding hydrogens is 636 g/mol. The highest BCUT2D eigenvalue weighted by Crippen LogP contribution is 2.47. The Hall–Kier alpha value is -3.60. The molecule has 0 aliphatic carbocycles. The summed E-state index contributed by atoms with van der Waals surface area (Å²) in [5.41, 5.74) is -0.805. The van der Waals surface area contributed by atoms with E-state index in [4.69, 9.17) is 14.2 Å². The van der Waals surface area contributed by atoms with Crippen molar-refractivity contribution in [3.8, 4) is 11.3 Å². The zero-order valence-corrected chi connectivity index (χ0v) is 31.9. The highest BCUT2D eigenvalue weighted by molar-refractivity contribution is 6.00. The van der Waals surface area contributed by atoms with Gasteiger partial charge in [0.2, 0.25) is 0 Å². The van der Waals surface area contributed by atoms with Crippen LogP contribution in [0.5, 0.6) is 0 Å². The van der Waals surface area contributed by atoms with E-state index in [0.29, 0.717) is 32.4 Å². The lowest BCUT2D eigenvalue weighted by Crippen LogP contribution is -2.58. The molecule has 2 aliphatic rings. The van der Waals surface area contributed by atoms with Crippen LogP contribution in [0.1, 0.15) is 94.9 Å². The lowest BCUT2D eigenvalue weighted by Gasteiger charge is -2.48. The number of ketones is 2. The molecule has 11 nitrogen and oxygen atoms in total. The Morgan fingerprint density at radius 3 is 2.28 bits per heavy atom. The second-order valence-electron chi connectivity index (χ2n) is 16.0. The van der Waals surface area contributed by atoms with Crippen molar-refractivity contribution in [2.24, 2.45) is 35.0 Å². The van der Waals surface area contributed by atoms with Crippen LogP contribution in [0.15, 0.2) is 37.1 Å². The molecule has 2 aromatic heterocycles. The average Bonchev–Trinajstić information content (AvgIpc) is 3.64. The maximum atomic E-state index is 14.5. The van der Waals surface area contributed by atoms with Crippen molar-refractivity contribution in [1.29, 1.82) is 0 Å². The fourth-order valence-electron chi connectivity index (χ4n) is 9.07. The molecule has 276 valence electrons. The molecule has 2 fully saturated rings. The zero-order chi connectivity index (χ0) is 37.2. The molecule has 11 heteroatoms. The Labute approximate surface area is 297 Å². The Morgan fingerprint density at radius 2 is 1.68 bits per heavy atom. The molecule has 0 aromatic carbocycles. The molecule has 9 atom stereocenters. The molecule has 2 aromatic rings. The third-order valence-corrected chi connectivity index (χ3v) is 11.3. The van der Waals surface area contributed by atoms with Crippen LogP contribution in [0.25, 0.3) is 11.3 Å². The molecule has 2 aliphatic heterocycles. The number of methoxy groups -OCH3 is 1. The number of rotatable bonds is 8. The maximum absolute atomic E-state index is 14.5. The first-order chi connectivity index (χ1) is 23.4. The molecule has 4 heterocycles. The summed E-state index contributed by atoms with van der Waals surface area (Å²) < 4.78 is 20.4. The molecule has 0 N–H and O–H groups in total. The van der Waals surface area contributed by atoms with Crippen molar-refractivity contribution in [3.05, 3.63) is 37.1 Å². The number of esters is 1. The summed E-state index contributed by atoms with van der Waals surface area (Å²) in [6, 6.07) is 3.13. The van der Waals surface area contributed by atoms with E-state index in [0.717, 1.165) is 17.7 Å². The summed E-state index contributed by atoms with van der Waals surface area (Å²) >= 11 is 0. The number of aromatic nitrogens is 3. The molecule has 4 rings (SSSR count). The van der Waals surface area contributed by atoms with Crippen LogP contribution in [0.3, 0.4) is 0 Å². The predicted molar refractivity (Wildman–Crippen MR) is 190 cm³/mol. The smallest absolute Gasteiger partial charge is 0.410 e. The van der Waals surface area contributed by atoms with Gasteiger partial charge in [-0.3, -0.25) is 19.4 Å². The fraction of sp³-hybridized carbons (Fsp3) is 0.692. The number of carbonyl (C=O) groups is 4. The fourth-order valence-corrected chi connectivity index (χ4v) is 9.07. The SMILES string of the molecule is CC[C@H]1OC(=O)[C@H](C)C(=O)[C@H](C)[C@@H](C(C)(C)C)[C@](C)(OC)C[C@@H](C)C(=O)[C@H](C)[C@H]2N(CCCCn3cnc(-c4cccnc4)c3)C(=O)O[C@]12C. The van der Waals surface area contributed by atoms with Gasteiger partial charge in [0.05, 0.1) is 23.7 Å². The van der Waals surface area contributed by atoms with E-state index in [1.165, 1.54) is 0 Å². The largest absolute Gasteiger partial charge is 0.458 e. The Kier molecular flexibility index (Phi) is 12.0. The minimum atomic E-state index is -1.32. The van der Waals surface area contributed by atoms with Gasteiger partial charge in [-0.25, -0.2) is 9.78 Å². The number of unbranched alkanes of at least 4 members (excludes halogenated alkanes) is 1. The zero-order valence-electron chi connectivity index (χ0n) is 31.9. The van der Waals surface area contributed by atoms with Crippen molar-refractivity contribution in [2.75, 3.05) is 13.7 Å². The minimum Gasteiger partial charge on any atom is -0.458 e. The van der Waals surface area contributed by atoms with Gasteiger partial charge in [-0.2, -0.15) is 0 Å². The third-order valence-electron chi connectivity index (χ3n) is 11.3. The molecule has 50 heavy (non-hydrogen) atoms. The second kappa shape index (κ2) is 15.3. The van der Waals surface area contributed by atoms with Gasteiger partial charge in [-0.1, -0.05) is 48.5 Å². The van der Waals surface area contributed by atoms with Gasteiger partial charge in [0, 0.05) is 68.0 Å². The number of hydrogen-bond donors (Lipinski definition) is 0. The lowest BCUT2D eigenvalue weighted by molar-refractivity contribution is -0.174. The number of hydrogen-bond acceptors (Lipinski definition) is 9. The normalized spacial score (nSPS) is 33.1. The number of ether oxygens (including phenoxy) is 3. The van der Waals surface area contributed by atoms with E-state index in [9.17, 15) is 19.2 Å². The van der Waals surface area contributed by atoms with Crippen molar-refractivity contribution in [3.63, 3.8) is 0 Å². The predicted octanol–water partition coefficient (Wildman–Crippen LogP) is 6.78. The third kappa shape index (κ3) is 7.82. The molecule has 0 radical (unpaired) electrons. The molecule has 0 saturated carbocycles. The summed E-state index contributed by atoms with van der Waals surface area (Å²) in [4.78, 5) is 66.2. The number of nitrogens with zero attached hydrogens (tertiary/aromatic N) is 4. The first-order valence-electron chi connectivity index (χ1n) is 18.1. The number of cyclic esters (lactones) is 1. The van der Waals surface area contributed by atoms with Crippen LogP contribution in [-0.4, -0.2) is 80.1 Å². The number of amides is 1. The molecule has 0 spiro atoms. The van der Waals surface area contributed by atoms with E-state index < -0.39 is 59.1 Å². The van der Waals surface area contributed by atoms with Crippen molar-refractivity contribution in [1.82, 2.24) is 19.4 Å². The molecule has 2 saturated heterocycles. The van der Waals surface area contributed by atoms with E-state index in [2.05, 4.69) is 30.7 Å². The first-order valence-corrected chi connectivity index (χ1v) is 18.1. The van der Waals surface area contributed by atoms with Crippen LogP contribution in [0, 0.1) is 35.0 Å². The molecule has 0 unspecified atom stereocenters. The summed E-state index contributed by atoms with van der Waals surface area (Å²) in [6.07, 6.45) is 7.94. The van der Waals surface area contributed by atoms with Crippen molar-refractivity contribution < 1.29 is 33.4 Å². The summed E-state index contributed by atoms with van der Waals surface area (Å²) in [6.45, 7) is 20.0. The Morgan fingerprint density at radius 1 is 1.00 bits per heavy atom. The van der Waals surface area contributed by atoms with Crippen LogP contribution < -0.4 is 0 Å². The van der Waals surface area contributed by atoms with Gasteiger partial charge in [-0.15, -0.1) is 0 Å². The van der Waals surface area contributed by atoms with E-state index in [-0.39, 0.29) is 22.9 Å². The summed E-state index contributed by atoms with van der Waals surface area (Å²) in [5.74, 6) is -3.94. The van der Waals surface area contributed by atoms with Gasteiger partial charge >= 0.3 is 12.1 Å². The topological polar surface area (TPSA) is 130 Å². The van der Waals surface area contributed by atoms with Gasteiger partial charge in [0.1, 0.15) is 23.6 Å². The number of carbonyl (C=O) groups excluding carboxylic acids is 4. The summed E-state index contributed by atoms with van der Waals surface area (Å²) in [5, 5.41) is 0. The lowest BCUT2D eigenvalue weighted by atomic mass is 9.61. The number of imidazole rings is 1. The van der Waals surface area contributed by atoms with Crippen molar-refractivity contribution >= 4 is 23.6 Å². The number of pyridine rings is 1. The first kappa shape index (κ1) is 39.2. The standard InChI is InChI=1S/C39H58N4O7/c1-12-30-39(10)34(43(36(47)50-39)19-14-13-18-42-22-29(41-23-42)28-16-15-17-40-21-28)26(4)31(44)24(2)20-38(9,48-11)33(37(6,7)8)25(3)32(45)27(5)35(46)49-30/h15-17,21-27,30,33-34H,12-14,18-20H2,1-11H3/t24-,25+,26+,27-,30-,33+,34-,38-,39-/m1/s1. The minimum absolute atomic E-state index is 0.0348. The van der Waals surface area contributed by atoms with Gasteiger partial charge in [0.15, 0.2) is 5.60 Å². The van der Waals surface area contributed by atoms with Gasteiger partial charge < -0.3 is 23.7 Å². The Bertz CT molecular complexity index is 1520. The molecular formula is C39H58N4O7. The average molecular weight is 695 g/mol. The number of Topliss-reactive ketones (excluding diaryl/α,β-unsaturated/α-hetero) is 2. The summed E-state index contributed by atoms with van der Waals surface area (Å²) in [7, 11) is 1.62.